The van der Waals surface area contributed by atoms with Crippen LogP contribution in [0.25, 0.3) is 0 Å². The van der Waals surface area contributed by atoms with Crippen molar-refractivity contribution >= 4 is 65.0 Å². The van der Waals surface area contributed by atoms with Crippen LogP contribution in [0.1, 0.15) is 156 Å². The van der Waals surface area contributed by atoms with Crippen LogP contribution in [0.2, 0.25) is 0 Å². The van der Waals surface area contributed by atoms with E-state index < -0.39 is 156 Å². The first-order chi connectivity index (χ1) is 39.6. The predicted octanol–water partition coefficient (Wildman–Crippen LogP) is 3.61. The average molecular weight is 1220 g/mol. The second-order valence-corrected chi connectivity index (χ2v) is 26.5. The summed E-state index contributed by atoms with van der Waals surface area (Å²) in [5, 5.41) is 20.3. The van der Waals surface area contributed by atoms with Crippen molar-refractivity contribution < 1.29 is 57.8 Å². The minimum atomic E-state index is -1.61. The van der Waals surface area contributed by atoms with Gasteiger partial charge in [-0.05, 0) is 101 Å². The van der Waals surface area contributed by atoms with E-state index in [4.69, 9.17) is 0 Å². The number of amides is 11. The first kappa shape index (κ1) is 77.9. The van der Waals surface area contributed by atoms with Gasteiger partial charge >= 0.3 is 0 Å². The van der Waals surface area contributed by atoms with Crippen molar-refractivity contribution in [2.45, 2.75) is 223 Å². The van der Waals surface area contributed by atoms with E-state index in [1.165, 1.54) is 99.6 Å². The lowest BCUT2D eigenvalue weighted by Gasteiger charge is -2.41. The Morgan fingerprint density at radius 1 is 0.442 bits per heavy atom. The monoisotopic (exact) mass is 1220 g/mol. The molecule has 1 aliphatic rings. The maximum Gasteiger partial charge on any atom is 0.246 e. The molecule has 86 heavy (non-hydrogen) atoms. The van der Waals surface area contributed by atoms with E-state index in [1.54, 1.807) is 54.5 Å². The van der Waals surface area contributed by atoms with Crippen LogP contribution in [0.5, 0.6) is 0 Å². The van der Waals surface area contributed by atoms with Crippen molar-refractivity contribution in [1.29, 1.82) is 0 Å². The Hall–Kier alpha value is -6.13. The maximum absolute atomic E-state index is 15.2. The number of carbonyl (C=O) groups excluding carboxylic acids is 11. The van der Waals surface area contributed by atoms with Crippen molar-refractivity contribution in [3.05, 3.63) is 12.2 Å². The van der Waals surface area contributed by atoms with E-state index in [0.29, 0.717) is 6.42 Å². The number of hydrogen-bond acceptors (Lipinski definition) is 12. The SMILES string of the molecule is C/C=C/C[C@@H](C)[C@@H](O)C1C(=O)N[C@@H](CC)C(=O)N(C)CC(=O)N(C)[C@@H](CC(C)C)C(=O)N(C)[C@H](C(C)C)C(=O)N(C)[C@@H](CC(C)C)C(=O)N[C@@H](C)C(=O)N[C@H](C)C(=O)N(C)[C@H](CC(C)C)C(=O)N(C)[C@@H](CC(C)C)C(=O)N(C)[C@@H](C(C)C)C(=O)N1C. The third kappa shape index (κ3) is 21.0. The summed E-state index contributed by atoms with van der Waals surface area (Å²) in [7, 11) is 11.4. The molecule has 0 radical (unpaired) electrons. The molecule has 492 valence electrons. The number of rotatable bonds is 15. The van der Waals surface area contributed by atoms with Crippen LogP contribution >= 0.6 is 0 Å². The number of likely N-dealkylation sites (N-methyl/N-ethyl adjacent to an activating group) is 8. The molecular formula is C63H113N11O12. The van der Waals surface area contributed by atoms with Gasteiger partial charge in [0.2, 0.25) is 65.0 Å². The smallest absolute Gasteiger partial charge is 0.246 e. The van der Waals surface area contributed by atoms with E-state index in [1.807, 2.05) is 61.5 Å². The number of allylic oxidation sites excluding steroid dienone is 2. The Bertz CT molecular complexity index is 2360. The van der Waals surface area contributed by atoms with E-state index in [9.17, 15) is 48.3 Å². The summed E-state index contributed by atoms with van der Waals surface area (Å²) in [6.45, 7) is 29.5. The summed E-state index contributed by atoms with van der Waals surface area (Å²) in [5.41, 5.74) is 0. The van der Waals surface area contributed by atoms with Crippen molar-refractivity contribution in [2.75, 3.05) is 62.9 Å². The van der Waals surface area contributed by atoms with E-state index in [2.05, 4.69) is 16.0 Å². The molecule has 1 unspecified atom stereocenters. The van der Waals surface area contributed by atoms with Crippen LogP contribution in [-0.2, 0) is 52.7 Å². The Morgan fingerprint density at radius 2 is 0.802 bits per heavy atom. The fourth-order valence-electron chi connectivity index (χ4n) is 11.2. The first-order valence-corrected chi connectivity index (χ1v) is 31.0. The Morgan fingerprint density at radius 3 is 1.21 bits per heavy atom. The summed E-state index contributed by atoms with van der Waals surface area (Å²) < 4.78 is 0. The van der Waals surface area contributed by atoms with Crippen LogP contribution in [0.3, 0.4) is 0 Å². The van der Waals surface area contributed by atoms with E-state index >= 15 is 9.59 Å². The molecule has 1 aliphatic heterocycles. The molecule has 0 spiro atoms. The number of aliphatic hydroxyl groups excluding tert-OH is 1. The van der Waals surface area contributed by atoms with Crippen molar-refractivity contribution in [3.8, 4) is 0 Å². The normalized spacial score (nSPS) is 26.9. The molecule has 11 amide bonds. The van der Waals surface area contributed by atoms with Crippen molar-refractivity contribution in [1.82, 2.24) is 55.1 Å². The molecule has 4 N–H and O–H groups in total. The maximum atomic E-state index is 15.2. The van der Waals surface area contributed by atoms with Crippen LogP contribution in [0.4, 0.5) is 0 Å². The standard InChI is InChI=1S/C63H113N11O12/c1-26-28-29-41(15)53(76)52-56(79)66-44(27-2)58(81)67(18)34-49(75)68(19)46(31-36(5)6)60(83)72(23)50(39(11)12)62(85)69(20)45(30-35(3)4)55(78)64-42(16)54(77)65-43(17)57(80)70(21)47(32-37(7)8)59(82)71(22)48(33-38(9)10)61(84)73(24)51(40(13)14)63(86)74(52)25/h26,28,35-48,50-53,76H,27,29-34H2,1-25H3,(H,64,78)(H,65,77)(H,66,79)/b28-26+/t41-,42+,43-,44+,45+,46+,47-,48+,50-,51+,52?,53-/m1/s1. The molecule has 1 fully saturated rings. The third-order valence-electron chi connectivity index (χ3n) is 16.5. The summed E-state index contributed by atoms with van der Waals surface area (Å²) >= 11 is 0. The summed E-state index contributed by atoms with van der Waals surface area (Å²) in [5.74, 6) is -9.54. The summed E-state index contributed by atoms with van der Waals surface area (Å²) in [6, 6.07) is -12.3. The highest BCUT2D eigenvalue weighted by molar-refractivity contribution is 5.99. The van der Waals surface area contributed by atoms with Gasteiger partial charge in [0.25, 0.3) is 0 Å². The topological polar surface area (TPSA) is 270 Å². The minimum Gasteiger partial charge on any atom is -0.390 e. The fourth-order valence-corrected chi connectivity index (χ4v) is 11.2. The van der Waals surface area contributed by atoms with Gasteiger partial charge < -0.3 is 60.3 Å². The number of aliphatic hydroxyl groups is 1. The van der Waals surface area contributed by atoms with Crippen molar-refractivity contribution in [2.24, 2.45) is 41.4 Å². The van der Waals surface area contributed by atoms with Gasteiger partial charge in [-0.1, -0.05) is 109 Å². The molecule has 0 aromatic carbocycles. The van der Waals surface area contributed by atoms with Crippen LogP contribution in [0.15, 0.2) is 12.2 Å². The lowest BCUT2D eigenvalue weighted by atomic mass is 9.91. The molecule has 0 bridgehead atoms. The van der Waals surface area contributed by atoms with Gasteiger partial charge in [0.15, 0.2) is 0 Å². The number of nitrogens with zero attached hydrogens (tertiary/aromatic N) is 8. The molecule has 23 nitrogen and oxygen atoms in total. The minimum absolute atomic E-state index is 0.0237. The molecule has 1 rings (SSSR count). The Kier molecular flexibility index (Phi) is 31.7. The number of nitrogens with one attached hydrogen (secondary N) is 3. The number of carbonyl (C=O) groups is 11. The van der Waals surface area contributed by atoms with Gasteiger partial charge in [0, 0.05) is 56.4 Å². The van der Waals surface area contributed by atoms with Crippen molar-refractivity contribution in [3.63, 3.8) is 0 Å². The highest BCUT2D eigenvalue weighted by atomic mass is 16.3. The van der Waals surface area contributed by atoms with Crippen LogP contribution < -0.4 is 16.0 Å². The van der Waals surface area contributed by atoms with Crippen LogP contribution in [0, 0.1) is 41.4 Å². The lowest BCUT2D eigenvalue weighted by molar-refractivity contribution is -0.157. The van der Waals surface area contributed by atoms with Gasteiger partial charge in [-0.2, -0.15) is 0 Å². The van der Waals surface area contributed by atoms with Crippen LogP contribution in [-0.4, -0.2) is 239 Å². The largest absolute Gasteiger partial charge is 0.390 e. The molecule has 12 atom stereocenters. The lowest BCUT2D eigenvalue weighted by Crippen LogP contribution is -2.63. The molecule has 23 heteroatoms. The summed E-state index contributed by atoms with van der Waals surface area (Å²) in [6.07, 6.45) is 3.06. The zero-order valence-electron chi connectivity index (χ0n) is 57.0. The van der Waals surface area contributed by atoms with Gasteiger partial charge in [0.1, 0.15) is 60.4 Å². The molecule has 0 aliphatic carbocycles. The zero-order chi connectivity index (χ0) is 66.8. The quantitative estimate of drug-likeness (QED) is 0.171. The van der Waals surface area contributed by atoms with Gasteiger partial charge in [-0.15, -0.1) is 0 Å². The Balaban J connectivity index is 4.37. The highest BCUT2D eigenvalue weighted by Crippen LogP contribution is 2.26. The Labute approximate surface area is 515 Å². The predicted molar refractivity (Wildman–Crippen MR) is 333 cm³/mol. The number of hydrogen-bond donors (Lipinski definition) is 4. The second kappa shape index (κ2) is 35.0. The van der Waals surface area contributed by atoms with E-state index in [0.717, 1.165) is 9.80 Å². The molecule has 1 saturated heterocycles. The molecule has 0 saturated carbocycles. The zero-order valence-corrected chi connectivity index (χ0v) is 57.0. The van der Waals surface area contributed by atoms with E-state index in [-0.39, 0.29) is 55.8 Å². The highest BCUT2D eigenvalue weighted by Gasteiger charge is 2.46. The first-order valence-electron chi connectivity index (χ1n) is 31.0. The second-order valence-electron chi connectivity index (χ2n) is 26.5. The average Bonchev–Trinajstić information content (AvgIpc) is 1.52. The van der Waals surface area contributed by atoms with Gasteiger partial charge in [0.05, 0.1) is 12.6 Å². The van der Waals surface area contributed by atoms with Gasteiger partial charge in [-0.3, -0.25) is 52.7 Å². The molecule has 1 heterocycles. The third-order valence-corrected chi connectivity index (χ3v) is 16.5. The summed E-state index contributed by atoms with van der Waals surface area (Å²) in [4.78, 5) is 171. The fraction of sp³-hybridized carbons (Fsp3) is 0.794. The molecule has 0 aromatic heterocycles. The molecular weight excluding hydrogens is 1100 g/mol. The van der Waals surface area contributed by atoms with Gasteiger partial charge in [-0.25, -0.2) is 0 Å². The molecule has 0 aromatic rings.